The molecule has 0 radical (unpaired) electrons. The van der Waals surface area contributed by atoms with Crippen LogP contribution in [0.15, 0.2) is 0 Å². The molecule has 1 aromatic rings. The van der Waals surface area contributed by atoms with E-state index >= 15 is 0 Å². The van der Waals surface area contributed by atoms with E-state index in [1.54, 1.807) is 5.48 Å². The first-order valence-corrected chi connectivity index (χ1v) is 4.81. The molecule has 1 aromatic carbocycles. The highest BCUT2D eigenvalue weighted by atomic mass is 35.5. The van der Waals surface area contributed by atoms with Crippen molar-refractivity contribution in [3.05, 3.63) is 25.1 Å². The number of rotatable bonds is 1. The fourth-order valence-electron chi connectivity index (χ4n) is 0.703. The molecule has 13 heavy (non-hydrogen) atoms. The molecule has 0 fully saturated rings. The number of anilines is 1. The summed E-state index contributed by atoms with van der Waals surface area (Å²) in [6.45, 7) is 0. The highest BCUT2D eigenvalue weighted by molar-refractivity contribution is 6.56. The topological polar surface area (TPSA) is 32.3 Å². The third-order valence-electron chi connectivity index (χ3n) is 1.32. The summed E-state index contributed by atoms with van der Waals surface area (Å²) in [4.78, 5) is 0. The maximum absolute atomic E-state index is 8.66. The van der Waals surface area contributed by atoms with Gasteiger partial charge in [-0.15, -0.1) is 0 Å². The summed E-state index contributed by atoms with van der Waals surface area (Å²) < 4.78 is 0. The Balaban J connectivity index is 3.56. The molecule has 0 saturated carbocycles. The third kappa shape index (κ3) is 1.94. The quantitative estimate of drug-likeness (QED) is 0.442. The summed E-state index contributed by atoms with van der Waals surface area (Å²) in [5.74, 6) is 0. The van der Waals surface area contributed by atoms with E-state index in [9.17, 15) is 0 Å². The van der Waals surface area contributed by atoms with Crippen LogP contribution in [0.5, 0.6) is 0 Å². The second-order valence-electron chi connectivity index (χ2n) is 2.06. The summed E-state index contributed by atoms with van der Waals surface area (Å²) in [6, 6.07) is 0. The monoisotopic (exact) mass is 279 g/mol. The first kappa shape index (κ1) is 11.5. The van der Waals surface area contributed by atoms with Gasteiger partial charge in [-0.25, -0.2) is 0 Å². The van der Waals surface area contributed by atoms with Crippen LogP contribution in [-0.2, 0) is 0 Å². The standard InChI is InChI=1S/C6H2Cl5NO/c7-1-2(8)4(10)6(12-13)5(11)3(1)9/h12-13H. The van der Waals surface area contributed by atoms with Gasteiger partial charge in [0, 0.05) is 0 Å². The van der Waals surface area contributed by atoms with Crippen molar-refractivity contribution in [3.8, 4) is 0 Å². The molecule has 0 saturated heterocycles. The maximum Gasteiger partial charge on any atom is 0.101 e. The summed E-state index contributed by atoms with van der Waals surface area (Å²) in [7, 11) is 0. The van der Waals surface area contributed by atoms with Gasteiger partial charge in [0.25, 0.3) is 0 Å². The van der Waals surface area contributed by atoms with Crippen molar-refractivity contribution >= 4 is 63.7 Å². The normalized spacial score (nSPS) is 10.3. The van der Waals surface area contributed by atoms with Gasteiger partial charge in [-0.3, -0.25) is 10.7 Å². The lowest BCUT2D eigenvalue weighted by Crippen LogP contribution is -1.93. The fourth-order valence-corrected chi connectivity index (χ4v) is 1.93. The van der Waals surface area contributed by atoms with E-state index in [4.69, 9.17) is 63.2 Å². The fraction of sp³-hybridized carbons (Fsp3) is 0. The van der Waals surface area contributed by atoms with Gasteiger partial charge in [0.2, 0.25) is 0 Å². The largest absolute Gasteiger partial charge is 0.291 e. The zero-order valence-corrected chi connectivity index (χ0v) is 9.62. The van der Waals surface area contributed by atoms with Gasteiger partial charge in [-0.2, -0.15) is 0 Å². The summed E-state index contributed by atoms with van der Waals surface area (Å²) in [5.41, 5.74) is 1.81. The van der Waals surface area contributed by atoms with Crippen molar-refractivity contribution in [1.82, 2.24) is 0 Å². The lowest BCUT2D eigenvalue weighted by atomic mass is 10.3. The molecule has 1 rings (SSSR count). The van der Waals surface area contributed by atoms with Gasteiger partial charge in [-0.05, 0) is 0 Å². The minimum atomic E-state index is 0.0172. The Labute approximate surface area is 99.2 Å². The second kappa shape index (κ2) is 4.30. The highest BCUT2D eigenvalue weighted by Crippen LogP contribution is 2.46. The Bertz CT molecular complexity index is 324. The minimum Gasteiger partial charge on any atom is -0.291 e. The molecular formula is C6H2Cl5NO. The van der Waals surface area contributed by atoms with Crippen LogP contribution in [0.3, 0.4) is 0 Å². The number of nitrogens with one attached hydrogen (secondary N) is 1. The van der Waals surface area contributed by atoms with E-state index in [0.717, 1.165) is 0 Å². The lowest BCUT2D eigenvalue weighted by molar-refractivity contribution is 0.389. The molecule has 0 bridgehead atoms. The van der Waals surface area contributed by atoms with Crippen LogP contribution in [0.1, 0.15) is 0 Å². The van der Waals surface area contributed by atoms with E-state index in [1.807, 2.05) is 0 Å². The Morgan fingerprint density at radius 1 is 0.692 bits per heavy atom. The molecule has 0 aliphatic carbocycles. The van der Waals surface area contributed by atoms with Crippen molar-refractivity contribution in [1.29, 1.82) is 0 Å². The van der Waals surface area contributed by atoms with Gasteiger partial charge >= 0.3 is 0 Å². The highest BCUT2D eigenvalue weighted by Gasteiger charge is 2.18. The van der Waals surface area contributed by atoms with Crippen LogP contribution < -0.4 is 5.48 Å². The first-order valence-electron chi connectivity index (χ1n) is 2.92. The molecule has 0 aromatic heterocycles. The van der Waals surface area contributed by atoms with Gasteiger partial charge < -0.3 is 0 Å². The Morgan fingerprint density at radius 3 is 1.31 bits per heavy atom. The van der Waals surface area contributed by atoms with E-state index < -0.39 is 0 Å². The van der Waals surface area contributed by atoms with Crippen molar-refractivity contribution < 1.29 is 5.21 Å². The Kier molecular flexibility index (Phi) is 3.81. The smallest absolute Gasteiger partial charge is 0.101 e. The van der Waals surface area contributed by atoms with Crippen LogP contribution in [0.25, 0.3) is 0 Å². The Hall–Kier alpha value is 0.430. The van der Waals surface area contributed by atoms with Gasteiger partial charge in [0.1, 0.15) is 5.69 Å². The van der Waals surface area contributed by atoms with Crippen LogP contribution >= 0.6 is 58.0 Å². The predicted octanol–water partition coefficient (Wildman–Crippen LogP) is 4.75. The molecule has 0 atom stereocenters. The van der Waals surface area contributed by atoms with Crippen LogP contribution in [-0.4, -0.2) is 5.21 Å². The molecule has 2 N–H and O–H groups in total. The van der Waals surface area contributed by atoms with Gasteiger partial charge in [0.05, 0.1) is 25.1 Å². The van der Waals surface area contributed by atoms with Crippen LogP contribution in [0.4, 0.5) is 5.69 Å². The van der Waals surface area contributed by atoms with Crippen molar-refractivity contribution in [2.24, 2.45) is 0 Å². The summed E-state index contributed by atoms with van der Waals surface area (Å²) in [6.07, 6.45) is 0. The summed E-state index contributed by atoms with van der Waals surface area (Å²) in [5, 5.41) is 8.82. The average Bonchev–Trinajstić information content (AvgIpc) is 2.13. The van der Waals surface area contributed by atoms with Gasteiger partial charge in [-0.1, -0.05) is 58.0 Å². The van der Waals surface area contributed by atoms with Crippen molar-refractivity contribution in [2.45, 2.75) is 0 Å². The molecule has 0 aliphatic heterocycles. The van der Waals surface area contributed by atoms with Crippen LogP contribution in [0, 0.1) is 0 Å². The number of hydrogen-bond acceptors (Lipinski definition) is 2. The molecule has 0 amide bonds. The van der Waals surface area contributed by atoms with E-state index in [2.05, 4.69) is 0 Å². The zero-order chi connectivity index (χ0) is 10.2. The molecule has 0 aliphatic rings. The predicted molar refractivity (Wildman–Crippen MR) is 56.9 cm³/mol. The zero-order valence-electron chi connectivity index (χ0n) is 5.84. The molecule has 72 valence electrons. The van der Waals surface area contributed by atoms with Gasteiger partial charge in [0.15, 0.2) is 0 Å². The van der Waals surface area contributed by atoms with E-state index in [1.165, 1.54) is 0 Å². The molecule has 0 unspecified atom stereocenters. The molecular weight excluding hydrogens is 279 g/mol. The van der Waals surface area contributed by atoms with E-state index in [0.29, 0.717) is 0 Å². The average molecular weight is 281 g/mol. The second-order valence-corrected chi connectivity index (χ2v) is 3.95. The molecule has 2 nitrogen and oxygen atoms in total. The van der Waals surface area contributed by atoms with Crippen molar-refractivity contribution in [2.75, 3.05) is 5.48 Å². The SMILES string of the molecule is ONc1c(Cl)c(Cl)c(Cl)c(Cl)c1Cl. The van der Waals surface area contributed by atoms with Crippen LogP contribution in [0.2, 0.25) is 25.1 Å². The Morgan fingerprint density at radius 2 is 1.00 bits per heavy atom. The van der Waals surface area contributed by atoms with E-state index in [-0.39, 0.29) is 30.8 Å². The minimum absolute atomic E-state index is 0.0172. The third-order valence-corrected chi connectivity index (χ3v) is 3.60. The molecule has 0 spiro atoms. The maximum atomic E-state index is 8.66. The number of halogens is 5. The summed E-state index contributed by atoms with van der Waals surface area (Å²) >= 11 is 28.4. The van der Waals surface area contributed by atoms with Crippen molar-refractivity contribution in [3.63, 3.8) is 0 Å². The lowest BCUT2D eigenvalue weighted by Gasteiger charge is -2.10. The number of hydrogen-bond donors (Lipinski definition) is 2. The molecule has 7 heteroatoms. The number of benzene rings is 1. The first-order chi connectivity index (χ1) is 6.00. The molecule has 0 heterocycles.